The number of ketones is 1. The van der Waals surface area contributed by atoms with Gasteiger partial charge < -0.3 is 9.52 Å². The third-order valence-corrected chi connectivity index (χ3v) is 10.3. The summed E-state index contributed by atoms with van der Waals surface area (Å²) in [6.45, 7) is 18.1. The van der Waals surface area contributed by atoms with Gasteiger partial charge in [0.2, 0.25) is 5.71 Å². The van der Waals surface area contributed by atoms with E-state index < -0.39 is 0 Å². The molecule has 0 bridgehead atoms. The number of fused-ring (bicyclic) bond motifs is 6. The molecule has 6 rings (SSSR count). The predicted molar refractivity (Wildman–Crippen MR) is 194 cm³/mol. The minimum absolute atomic E-state index is 0. The number of pyridine rings is 1. The van der Waals surface area contributed by atoms with Crippen LogP contribution in [0.25, 0.3) is 55.0 Å². The number of aromatic nitrogens is 3. The molecule has 1 N–H and O–H groups in total. The third-order valence-electron chi connectivity index (χ3n) is 10.3. The monoisotopic (exact) mass is 821 g/mol. The molecule has 0 atom stereocenters. The Morgan fingerprint density at radius 1 is 0.833 bits per heavy atom. The fraction of sp³-hybridized carbons (Fsp3) is 0.366. The second-order valence-corrected chi connectivity index (χ2v) is 13.2. The van der Waals surface area contributed by atoms with Crippen LogP contribution in [0.1, 0.15) is 84.3 Å². The number of hydrogen-bond donors (Lipinski definition) is 1. The van der Waals surface area contributed by atoms with Crippen LogP contribution in [0.4, 0.5) is 0 Å². The Kier molecular flexibility index (Phi) is 11.3. The van der Waals surface area contributed by atoms with E-state index in [1.54, 1.807) is 0 Å². The van der Waals surface area contributed by atoms with E-state index in [1.165, 1.54) is 17.0 Å². The zero-order valence-electron chi connectivity index (χ0n) is 29.5. The average molecular weight is 821 g/mol. The molecule has 0 aliphatic carbocycles. The van der Waals surface area contributed by atoms with Crippen LogP contribution in [0.5, 0.6) is 0 Å². The summed E-state index contributed by atoms with van der Waals surface area (Å²) in [4.78, 5) is 26.4. The van der Waals surface area contributed by atoms with E-state index in [2.05, 4.69) is 54.4 Å². The Morgan fingerprint density at radius 2 is 1.50 bits per heavy atom. The van der Waals surface area contributed by atoms with Crippen molar-refractivity contribution in [3.05, 3.63) is 89.6 Å². The number of aliphatic hydroxyl groups is 1. The van der Waals surface area contributed by atoms with E-state index in [0.717, 1.165) is 81.1 Å². The van der Waals surface area contributed by atoms with Gasteiger partial charge in [-0.2, -0.15) is 0 Å². The van der Waals surface area contributed by atoms with E-state index in [9.17, 15) is 9.90 Å². The van der Waals surface area contributed by atoms with Crippen molar-refractivity contribution in [2.45, 2.75) is 88.0 Å². The van der Waals surface area contributed by atoms with Gasteiger partial charge in [-0.05, 0) is 74.9 Å². The topological polar surface area (TPSA) is 89.1 Å². The molecule has 0 aliphatic rings. The van der Waals surface area contributed by atoms with Gasteiger partial charge in [-0.1, -0.05) is 82.8 Å². The number of aliphatic hydroxyl groups excluding tert-OH is 1. The molecule has 0 unspecified atom stereocenters. The Bertz CT molecular complexity index is 2140. The summed E-state index contributed by atoms with van der Waals surface area (Å²) in [6, 6.07) is 22.0. The molecule has 6 nitrogen and oxygen atoms in total. The molecular weight excluding hydrogens is 775 g/mol. The number of allylic oxidation sites excluding steroid dienone is 2. The Hall–Kier alpha value is -3.93. The minimum Gasteiger partial charge on any atom is -0.512 e. The van der Waals surface area contributed by atoms with Gasteiger partial charge >= 0.3 is 0 Å². The SMILES string of the molecule is CCC(C)(CC)C(=O)/C=C(\O)C(C)(CC)CC.Cc1ccc2c(n1)oc1c(-c3nc(C)nc4c3ccc3cccc(C)c34)[c-]ccc12.[Ir]. The average Bonchev–Trinajstić information content (AvgIpc) is 3.45. The number of hydrogen-bond acceptors (Lipinski definition) is 6. The third kappa shape index (κ3) is 6.81. The number of aryl methyl sites for hydroxylation is 3. The molecule has 1 radical (unpaired) electrons. The maximum Gasteiger partial charge on any atom is 0.216 e. The number of benzene rings is 3. The van der Waals surface area contributed by atoms with E-state index in [-0.39, 0.29) is 42.5 Å². The second-order valence-electron chi connectivity index (χ2n) is 13.2. The number of carbonyl (C=O) groups excluding carboxylic acids is 1. The first-order chi connectivity index (χ1) is 22.4. The Labute approximate surface area is 297 Å². The predicted octanol–water partition coefficient (Wildman–Crippen LogP) is 11.1. The number of rotatable bonds is 8. The van der Waals surface area contributed by atoms with Crippen LogP contribution in [0.2, 0.25) is 0 Å². The summed E-state index contributed by atoms with van der Waals surface area (Å²) >= 11 is 0. The van der Waals surface area contributed by atoms with Crippen LogP contribution >= 0.6 is 0 Å². The van der Waals surface area contributed by atoms with E-state index in [0.29, 0.717) is 5.71 Å². The summed E-state index contributed by atoms with van der Waals surface area (Å²) in [5.41, 5.74) is 5.57. The minimum atomic E-state index is -0.337. The molecule has 0 saturated carbocycles. The molecule has 0 fully saturated rings. The normalized spacial score (nSPS) is 12.3. The summed E-state index contributed by atoms with van der Waals surface area (Å²) in [7, 11) is 0. The van der Waals surface area contributed by atoms with Gasteiger partial charge in [0.1, 0.15) is 11.6 Å². The number of carbonyl (C=O) groups is 1. The quantitative estimate of drug-likeness (QED) is 0.0712. The standard InChI is InChI=1S/C26H18N3O.C15H28O2.Ir/c1-14-6-4-7-17-11-13-20-23(28-16(3)29-24(20)22(14)17)21-9-5-8-18-19-12-10-15(2)27-26(19)30-25(18)21;1-7-14(5,8-2)12(16)11-13(17)15(6,9-3)10-4;/h4-8,10-13H,1-3H3;11,16H,7-10H2,1-6H3;/q-1;;/b;12-11-;. The molecule has 6 aromatic rings. The zero-order chi connectivity index (χ0) is 34.1. The largest absolute Gasteiger partial charge is 0.512 e. The molecule has 7 heteroatoms. The molecule has 3 aromatic heterocycles. The van der Waals surface area contributed by atoms with Crippen molar-refractivity contribution in [2.75, 3.05) is 0 Å². The molecule has 253 valence electrons. The fourth-order valence-corrected chi connectivity index (χ4v) is 6.02. The van der Waals surface area contributed by atoms with Gasteiger partial charge in [-0.15, -0.1) is 18.2 Å². The van der Waals surface area contributed by atoms with Gasteiger partial charge in [0.25, 0.3) is 0 Å². The van der Waals surface area contributed by atoms with Crippen LogP contribution < -0.4 is 0 Å². The maximum absolute atomic E-state index is 12.2. The molecule has 3 heterocycles. The van der Waals surface area contributed by atoms with Gasteiger partial charge in [0, 0.05) is 59.2 Å². The molecule has 0 spiro atoms. The smallest absolute Gasteiger partial charge is 0.216 e. The van der Waals surface area contributed by atoms with Crippen LogP contribution in [-0.2, 0) is 24.9 Å². The van der Waals surface area contributed by atoms with Crippen molar-refractivity contribution < 1.29 is 34.4 Å². The molecule has 0 saturated heterocycles. The van der Waals surface area contributed by atoms with Gasteiger partial charge in [-0.3, -0.25) is 9.78 Å². The van der Waals surface area contributed by atoms with E-state index in [4.69, 9.17) is 14.4 Å². The van der Waals surface area contributed by atoms with Crippen molar-refractivity contribution in [3.63, 3.8) is 0 Å². The maximum atomic E-state index is 12.2. The first kappa shape index (κ1) is 36.9. The fourth-order valence-electron chi connectivity index (χ4n) is 6.02. The van der Waals surface area contributed by atoms with E-state index >= 15 is 0 Å². The van der Waals surface area contributed by atoms with Crippen molar-refractivity contribution in [3.8, 4) is 11.3 Å². The second kappa shape index (κ2) is 14.7. The zero-order valence-corrected chi connectivity index (χ0v) is 31.9. The van der Waals surface area contributed by atoms with Crippen LogP contribution in [0.3, 0.4) is 0 Å². The number of nitrogens with zero attached hydrogens (tertiary/aromatic N) is 3. The van der Waals surface area contributed by atoms with Crippen molar-refractivity contribution >= 4 is 49.5 Å². The Balaban J connectivity index is 0.000000251. The van der Waals surface area contributed by atoms with E-state index in [1.807, 2.05) is 73.6 Å². The molecule has 3 aromatic carbocycles. The summed E-state index contributed by atoms with van der Waals surface area (Å²) < 4.78 is 6.22. The molecule has 0 amide bonds. The Morgan fingerprint density at radius 3 is 2.17 bits per heavy atom. The molecular formula is C41H46IrN3O3-. The summed E-state index contributed by atoms with van der Waals surface area (Å²) in [5.74, 6) is 1.01. The first-order valence-electron chi connectivity index (χ1n) is 16.7. The van der Waals surface area contributed by atoms with Crippen molar-refractivity contribution in [1.82, 2.24) is 15.0 Å². The number of furan rings is 1. The first-order valence-corrected chi connectivity index (χ1v) is 16.7. The summed E-state index contributed by atoms with van der Waals surface area (Å²) in [5, 5.41) is 15.5. The van der Waals surface area contributed by atoms with Gasteiger partial charge in [0.15, 0.2) is 5.78 Å². The van der Waals surface area contributed by atoms with Crippen LogP contribution in [0, 0.1) is 37.7 Å². The summed E-state index contributed by atoms with van der Waals surface area (Å²) in [6.07, 6.45) is 4.75. The van der Waals surface area contributed by atoms with Gasteiger partial charge in [0.05, 0.1) is 11.1 Å². The van der Waals surface area contributed by atoms with Crippen molar-refractivity contribution in [2.24, 2.45) is 10.8 Å². The van der Waals surface area contributed by atoms with Crippen LogP contribution in [-0.4, -0.2) is 25.8 Å². The van der Waals surface area contributed by atoms with Crippen molar-refractivity contribution in [1.29, 1.82) is 0 Å². The molecule has 0 aliphatic heterocycles. The molecule has 48 heavy (non-hydrogen) atoms. The van der Waals surface area contributed by atoms with Crippen LogP contribution in [0.15, 0.2) is 70.8 Å². The van der Waals surface area contributed by atoms with Gasteiger partial charge in [-0.25, -0.2) is 9.97 Å².